The van der Waals surface area contributed by atoms with Crippen LogP contribution >= 0.6 is 0 Å². The van der Waals surface area contributed by atoms with E-state index in [9.17, 15) is 8.42 Å². The van der Waals surface area contributed by atoms with E-state index < -0.39 is 18.3 Å². The van der Waals surface area contributed by atoms with Crippen LogP contribution in [-0.2, 0) is 14.4 Å². The van der Waals surface area contributed by atoms with Gasteiger partial charge in [0.15, 0.2) is 8.32 Å². The summed E-state index contributed by atoms with van der Waals surface area (Å²) in [5, 5.41) is 0.0636. The van der Waals surface area contributed by atoms with Crippen molar-refractivity contribution in [2.75, 3.05) is 6.61 Å². The molecule has 0 aromatic heterocycles. The van der Waals surface area contributed by atoms with Crippen molar-refractivity contribution < 1.29 is 12.8 Å². The smallest absolute Gasteiger partial charge is 0.244 e. The third-order valence-corrected chi connectivity index (χ3v) is 13.9. The summed E-state index contributed by atoms with van der Waals surface area (Å²) in [7, 11) is -5.70. The molecule has 0 radical (unpaired) electrons. The summed E-state index contributed by atoms with van der Waals surface area (Å²) in [6.07, 6.45) is 2.05. The van der Waals surface area contributed by atoms with Gasteiger partial charge in [-0.2, -0.15) is 4.31 Å². The predicted molar refractivity (Wildman–Crippen MR) is 140 cm³/mol. The van der Waals surface area contributed by atoms with Crippen molar-refractivity contribution in [3.8, 4) is 0 Å². The van der Waals surface area contributed by atoms with E-state index in [4.69, 9.17) is 4.43 Å². The largest absolute Gasteiger partial charge is 0.415 e. The predicted octanol–water partition coefficient (Wildman–Crippen LogP) is 6.48. The van der Waals surface area contributed by atoms with Crippen molar-refractivity contribution in [1.82, 2.24) is 4.31 Å². The third kappa shape index (κ3) is 5.04. The monoisotopic (exact) mass is 485 g/mol. The van der Waals surface area contributed by atoms with Gasteiger partial charge < -0.3 is 4.43 Å². The van der Waals surface area contributed by atoms with Crippen LogP contribution in [0.1, 0.15) is 49.9 Å². The lowest BCUT2D eigenvalue weighted by Gasteiger charge is -2.36. The minimum atomic E-state index is -3.68. The maximum atomic E-state index is 14.0. The molecule has 2 aromatic rings. The van der Waals surface area contributed by atoms with Crippen molar-refractivity contribution in [2.45, 2.75) is 83.6 Å². The van der Waals surface area contributed by atoms with Gasteiger partial charge in [-0.15, -0.1) is 0 Å². The van der Waals surface area contributed by atoms with Gasteiger partial charge in [-0.05, 0) is 68.1 Å². The second-order valence-electron chi connectivity index (χ2n) is 10.8. The standard InChI is InChI=1S/C27H39NO3SSi/c1-10-23(22-14-12-11-13-15-22)25-24(18-31-33(8,9)27(5,6)7)28(25)32(29,30)26-20(3)16-19(2)17-21(26)4/h10-17,24-25H,18H2,1-9H3/b23-10+/t24-,25+,28?/m0/s1. The van der Waals surface area contributed by atoms with E-state index in [1.54, 1.807) is 4.31 Å². The zero-order valence-corrected chi connectivity index (χ0v) is 23.4. The first kappa shape index (κ1) is 25.9. The third-order valence-electron chi connectivity index (χ3n) is 7.17. The van der Waals surface area contributed by atoms with E-state index in [1.165, 1.54) is 0 Å². The topological polar surface area (TPSA) is 46.4 Å². The number of benzene rings is 2. The van der Waals surface area contributed by atoms with Crippen LogP contribution in [0.25, 0.3) is 5.57 Å². The molecule has 1 fully saturated rings. The lowest BCUT2D eigenvalue weighted by Crippen LogP contribution is -2.42. The van der Waals surface area contributed by atoms with Crippen molar-refractivity contribution in [1.29, 1.82) is 0 Å². The maximum absolute atomic E-state index is 14.0. The zero-order valence-electron chi connectivity index (χ0n) is 21.6. The average molecular weight is 486 g/mol. The number of nitrogens with zero attached hydrogens (tertiary/aromatic N) is 1. The van der Waals surface area contributed by atoms with E-state index in [0.29, 0.717) is 11.5 Å². The number of allylic oxidation sites excluding steroid dienone is 1. The van der Waals surface area contributed by atoms with Gasteiger partial charge in [-0.3, -0.25) is 0 Å². The minimum absolute atomic E-state index is 0.0636. The Kier molecular flexibility index (Phi) is 7.17. The molecule has 0 amide bonds. The fourth-order valence-electron chi connectivity index (χ4n) is 4.42. The van der Waals surface area contributed by atoms with Crippen LogP contribution in [0.2, 0.25) is 18.1 Å². The molecule has 1 saturated heterocycles. The molecule has 6 heteroatoms. The van der Waals surface area contributed by atoms with Gasteiger partial charge in [-0.1, -0.05) is 74.9 Å². The van der Waals surface area contributed by atoms with Crippen molar-refractivity contribution in [3.63, 3.8) is 0 Å². The Bertz CT molecular complexity index is 1120. The average Bonchev–Trinajstić information content (AvgIpc) is 3.41. The molecule has 0 aliphatic carbocycles. The highest BCUT2D eigenvalue weighted by atomic mass is 32.2. The molecule has 3 rings (SSSR count). The van der Waals surface area contributed by atoms with Crippen LogP contribution in [0, 0.1) is 20.8 Å². The molecule has 1 unspecified atom stereocenters. The van der Waals surface area contributed by atoms with E-state index in [1.807, 2.05) is 76.2 Å². The molecule has 2 aromatic carbocycles. The molecule has 1 aliphatic heterocycles. The number of hydrogen-bond acceptors (Lipinski definition) is 3. The molecule has 4 nitrogen and oxygen atoms in total. The van der Waals surface area contributed by atoms with Crippen molar-refractivity contribution >= 4 is 23.9 Å². The fourth-order valence-corrected chi connectivity index (χ4v) is 7.62. The molecule has 0 saturated carbocycles. The number of aryl methyl sites for hydroxylation is 3. The van der Waals surface area contributed by atoms with Gasteiger partial charge in [0.25, 0.3) is 0 Å². The lowest BCUT2D eigenvalue weighted by molar-refractivity contribution is 0.281. The second-order valence-corrected chi connectivity index (χ2v) is 17.3. The van der Waals surface area contributed by atoms with Gasteiger partial charge in [0.05, 0.1) is 23.6 Å². The molecule has 0 spiro atoms. The second kappa shape index (κ2) is 9.14. The van der Waals surface area contributed by atoms with Crippen LogP contribution in [0.15, 0.2) is 53.4 Å². The molecule has 33 heavy (non-hydrogen) atoms. The van der Waals surface area contributed by atoms with Crippen LogP contribution < -0.4 is 0 Å². The summed E-state index contributed by atoms with van der Waals surface area (Å²) >= 11 is 0. The Morgan fingerprint density at radius 1 is 1.06 bits per heavy atom. The quantitative estimate of drug-likeness (QED) is 0.333. The fraction of sp³-hybridized carbons (Fsp3) is 0.481. The Balaban J connectivity index is 2.03. The molecule has 1 heterocycles. The van der Waals surface area contributed by atoms with Crippen LogP contribution in [0.5, 0.6) is 0 Å². The normalized spacial score (nSPS) is 21.8. The first-order valence-electron chi connectivity index (χ1n) is 11.7. The van der Waals surface area contributed by atoms with Gasteiger partial charge in [-0.25, -0.2) is 8.42 Å². The summed E-state index contributed by atoms with van der Waals surface area (Å²) in [6.45, 7) is 19.2. The number of rotatable bonds is 7. The SMILES string of the molecule is C/C=C(\c1ccccc1)[C@@H]1[C@H](CO[Si](C)(C)C(C)(C)C)N1S(=O)(=O)c1c(C)cc(C)cc1C. The summed E-state index contributed by atoms with van der Waals surface area (Å²) in [4.78, 5) is 0.427. The molecule has 180 valence electrons. The molecule has 1 aliphatic rings. The van der Waals surface area contributed by atoms with Gasteiger partial charge in [0, 0.05) is 0 Å². The van der Waals surface area contributed by atoms with Gasteiger partial charge in [0.2, 0.25) is 10.0 Å². The maximum Gasteiger partial charge on any atom is 0.244 e. The minimum Gasteiger partial charge on any atom is -0.415 e. The Labute approximate surface area is 201 Å². The highest BCUT2D eigenvalue weighted by Gasteiger charge is 2.58. The highest BCUT2D eigenvalue weighted by Crippen LogP contribution is 2.46. The Morgan fingerprint density at radius 2 is 1.61 bits per heavy atom. The van der Waals surface area contributed by atoms with Crippen LogP contribution in [-0.4, -0.2) is 39.7 Å². The molecule has 0 N–H and O–H groups in total. The van der Waals surface area contributed by atoms with Crippen molar-refractivity contribution in [2.24, 2.45) is 0 Å². The molecule has 0 bridgehead atoms. The van der Waals surface area contributed by atoms with E-state index >= 15 is 0 Å². The summed E-state index contributed by atoms with van der Waals surface area (Å²) < 4.78 is 36.2. The highest BCUT2D eigenvalue weighted by molar-refractivity contribution is 7.89. The Hall–Kier alpha value is -1.73. The van der Waals surface area contributed by atoms with Crippen LogP contribution in [0.4, 0.5) is 0 Å². The Morgan fingerprint density at radius 3 is 2.09 bits per heavy atom. The summed E-state index contributed by atoms with van der Waals surface area (Å²) in [6, 6.07) is 13.5. The molecular weight excluding hydrogens is 446 g/mol. The van der Waals surface area contributed by atoms with E-state index in [2.05, 4.69) is 33.9 Å². The lowest BCUT2D eigenvalue weighted by atomic mass is 10.0. The van der Waals surface area contributed by atoms with E-state index in [-0.39, 0.29) is 17.1 Å². The van der Waals surface area contributed by atoms with Gasteiger partial charge in [0.1, 0.15) is 0 Å². The number of sulfonamides is 1. The van der Waals surface area contributed by atoms with Crippen LogP contribution in [0.3, 0.4) is 0 Å². The molecule has 3 atom stereocenters. The first-order chi connectivity index (χ1) is 15.2. The summed E-state index contributed by atoms with van der Waals surface area (Å²) in [5.74, 6) is 0. The van der Waals surface area contributed by atoms with Crippen molar-refractivity contribution in [3.05, 3.63) is 70.8 Å². The zero-order chi connectivity index (χ0) is 24.8. The van der Waals surface area contributed by atoms with Gasteiger partial charge >= 0.3 is 0 Å². The number of hydrogen-bond donors (Lipinski definition) is 0. The first-order valence-corrected chi connectivity index (χ1v) is 16.0. The molecular formula is C27H39NO3SSi. The summed E-state index contributed by atoms with van der Waals surface area (Å²) in [5.41, 5.74) is 4.75. The van der Waals surface area contributed by atoms with E-state index in [0.717, 1.165) is 27.8 Å².